The van der Waals surface area contributed by atoms with Gasteiger partial charge in [-0.05, 0) is 43.9 Å². The molecular weight excluding hydrogens is 326 g/mol. The largest absolute Gasteiger partial charge is 0.508 e. The Hall–Kier alpha value is -2.61. The average molecular weight is 349 g/mol. The van der Waals surface area contributed by atoms with Gasteiger partial charge in [-0.3, -0.25) is 9.59 Å². The Kier molecular flexibility index (Phi) is 5.97. The highest BCUT2D eigenvalue weighted by Crippen LogP contribution is 2.18. The van der Waals surface area contributed by atoms with Gasteiger partial charge in [0.2, 0.25) is 11.8 Å². The van der Waals surface area contributed by atoms with Crippen LogP contribution < -0.4 is 11.1 Å². The van der Waals surface area contributed by atoms with E-state index in [0.717, 1.165) is 5.56 Å². The predicted molar refractivity (Wildman–Crippen MR) is 89.8 cm³/mol. The maximum Gasteiger partial charge on any atom is 0.326 e. The standard InChI is InChI=1S/C17H23N3O5/c1-10(16(23)20-8-2-3-14(20)17(24)25)19-15(22)13(18)9-11-4-6-12(21)7-5-11/h4-7,10,13-14,21H,2-3,8-9,18H2,1H3,(H,19,22)(H,24,25)/t10-,13-,14-/m0/s1. The van der Waals surface area contributed by atoms with Gasteiger partial charge >= 0.3 is 5.97 Å². The zero-order chi connectivity index (χ0) is 18.6. The summed E-state index contributed by atoms with van der Waals surface area (Å²) >= 11 is 0. The number of aliphatic carboxylic acids is 1. The molecule has 0 bridgehead atoms. The maximum absolute atomic E-state index is 12.4. The molecule has 0 radical (unpaired) electrons. The number of carboxylic acids is 1. The molecule has 1 saturated heterocycles. The topological polar surface area (TPSA) is 133 Å². The zero-order valence-corrected chi connectivity index (χ0v) is 14.0. The van der Waals surface area contributed by atoms with Crippen molar-refractivity contribution in [3.05, 3.63) is 29.8 Å². The second-order valence-electron chi connectivity index (χ2n) is 6.24. The molecule has 8 heteroatoms. The Bertz CT molecular complexity index is 646. The van der Waals surface area contributed by atoms with Crippen molar-refractivity contribution < 1.29 is 24.6 Å². The van der Waals surface area contributed by atoms with E-state index in [4.69, 9.17) is 10.8 Å². The molecule has 5 N–H and O–H groups in total. The number of hydrogen-bond acceptors (Lipinski definition) is 5. The van der Waals surface area contributed by atoms with Crippen LogP contribution in [0.5, 0.6) is 5.75 Å². The molecule has 1 aromatic carbocycles. The molecule has 1 aromatic rings. The monoisotopic (exact) mass is 349 g/mol. The number of likely N-dealkylation sites (tertiary alicyclic amines) is 1. The van der Waals surface area contributed by atoms with Gasteiger partial charge in [0, 0.05) is 6.54 Å². The summed E-state index contributed by atoms with van der Waals surface area (Å²) < 4.78 is 0. The normalized spacial score (nSPS) is 19.3. The van der Waals surface area contributed by atoms with Gasteiger partial charge < -0.3 is 26.2 Å². The van der Waals surface area contributed by atoms with Crippen LogP contribution in [0.25, 0.3) is 0 Å². The highest BCUT2D eigenvalue weighted by atomic mass is 16.4. The van der Waals surface area contributed by atoms with Crippen LogP contribution >= 0.6 is 0 Å². The molecule has 1 aliphatic heterocycles. The molecular formula is C17H23N3O5. The van der Waals surface area contributed by atoms with Gasteiger partial charge in [-0.2, -0.15) is 0 Å². The third kappa shape index (κ3) is 4.69. The van der Waals surface area contributed by atoms with E-state index in [9.17, 15) is 19.5 Å². The van der Waals surface area contributed by atoms with Crippen molar-refractivity contribution in [1.82, 2.24) is 10.2 Å². The minimum Gasteiger partial charge on any atom is -0.508 e. The van der Waals surface area contributed by atoms with Crippen LogP contribution in [-0.2, 0) is 20.8 Å². The number of carbonyl (C=O) groups is 3. The van der Waals surface area contributed by atoms with Crippen molar-refractivity contribution >= 4 is 17.8 Å². The van der Waals surface area contributed by atoms with Crippen molar-refractivity contribution in [2.75, 3.05) is 6.54 Å². The molecule has 0 aromatic heterocycles. The Labute approximate surface area is 145 Å². The van der Waals surface area contributed by atoms with Crippen LogP contribution in [0.1, 0.15) is 25.3 Å². The molecule has 0 aliphatic carbocycles. The molecule has 8 nitrogen and oxygen atoms in total. The minimum absolute atomic E-state index is 0.125. The number of carboxylic acid groups (broad SMARTS) is 1. The molecule has 0 saturated carbocycles. The summed E-state index contributed by atoms with van der Waals surface area (Å²) in [6.45, 7) is 1.89. The number of phenolic OH excluding ortho intramolecular Hbond substituents is 1. The number of rotatable bonds is 6. The summed E-state index contributed by atoms with van der Waals surface area (Å²) in [6, 6.07) is 3.80. The fourth-order valence-electron chi connectivity index (χ4n) is 2.90. The fraction of sp³-hybridized carbons (Fsp3) is 0.471. The van der Waals surface area contributed by atoms with Gasteiger partial charge in [0.15, 0.2) is 0 Å². The lowest BCUT2D eigenvalue weighted by atomic mass is 10.1. The van der Waals surface area contributed by atoms with Crippen molar-refractivity contribution in [3.8, 4) is 5.75 Å². The summed E-state index contributed by atoms with van der Waals surface area (Å²) in [5.74, 6) is -1.82. The van der Waals surface area contributed by atoms with Gasteiger partial charge in [0.1, 0.15) is 17.8 Å². The molecule has 25 heavy (non-hydrogen) atoms. The zero-order valence-electron chi connectivity index (χ0n) is 14.0. The molecule has 2 rings (SSSR count). The Morgan fingerprint density at radius 1 is 1.32 bits per heavy atom. The molecule has 136 valence electrons. The number of benzene rings is 1. The van der Waals surface area contributed by atoms with Gasteiger partial charge in [-0.15, -0.1) is 0 Å². The van der Waals surface area contributed by atoms with Crippen LogP contribution in [0.15, 0.2) is 24.3 Å². The van der Waals surface area contributed by atoms with E-state index in [2.05, 4.69) is 5.32 Å². The third-order valence-electron chi connectivity index (χ3n) is 4.28. The maximum atomic E-state index is 12.4. The molecule has 0 spiro atoms. The second kappa shape index (κ2) is 7.98. The van der Waals surface area contributed by atoms with Crippen molar-refractivity contribution in [1.29, 1.82) is 0 Å². The quantitative estimate of drug-likeness (QED) is 0.564. The predicted octanol–water partition coefficient (Wildman–Crippen LogP) is -0.158. The van der Waals surface area contributed by atoms with Crippen LogP contribution in [-0.4, -0.2) is 57.6 Å². The molecule has 0 unspecified atom stereocenters. The van der Waals surface area contributed by atoms with Crippen molar-refractivity contribution in [2.24, 2.45) is 5.73 Å². The van der Waals surface area contributed by atoms with E-state index in [1.165, 1.54) is 24.0 Å². The summed E-state index contributed by atoms with van der Waals surface area (Å²) in [7, 11) is 0. The van der Waals surface area contributed by atoms with Crippen LogP contribution in [0, 0.1) is 0 Å². The Balaban J connectivity index is 1.91. The van der Waals surface area contributed by atoms with Gasteiger partial charge in [-0.25, -0.2) is 4.79 Å². The first-order valence-electron chi connectivity index (χ1n) is 8.16. The molecule has 3 atom stereocenters. The highest BCUT2D eigenvalue weighted by Gasteiger charge is 2.36. The summed E-state index contributed by atoms with van der Waals surface area (Å²) in [5, 5.41) is 20.9. The first-order chi connectivity index (χ1) is 11.8. The van der Waals surface area contributed by atoms with E-state index >= 15 is 0 Å². The number of aromatic hydroxyl groups is 1. The summed E-state index contributed by atoms with van der Waals surface area (Å²) in [6.07, 6.45) is 1.31. The van der Waals surface area contributed by atoms with Crippen LogP contribution in [0.4, 0.5) is 0 Å². The highest BCUT2D eigenvalue weighted by molar-refractivity contribution is 5.91. The lowest BCUT2D eigenvalue weighted by Crippen LogP contribution is -2.53. The first kappa shape index (κ1) is 18.7. The first-order valence-corrected chi connectivity index (χ1v) is 8.16. The minimum atomic E-state index is -1.03. The van der Waals surface area contributed by atoms with E-state index < -0.39 is 35.9 Å². The molecule has 2 amide bonds. The lowest BCUT2D eigenvalue weighted by molar-refractivity contribution is -0.149. The Morgan fingerprint density at radius 2 is 1.96 bits per heavy atom. The lowest BCUT2D eigenvalue weighted by Gasteiger charge is -2.26. The summed E-state index contributed by atoms with van der Waals surface area (Å²) in [5.41, 5.74) is 6.65. The number of nitrogens with one attached hydrogen (secondary N) is 1. The number of nitrogens with two attached hydrogens (primary N) is 1. The van der Waals surface area contributed by atoms with E-state index in [0.29, 0.717) is 19.4 Å². The van der Waals surface area contributed by atoms with Crippen LogP contribution in [0.2, 0.25) is 0 Å². The van der Waals surface area contributed by atoms with E-state index in [1.54, 1.807) is 12.1 Å². The SMILES string of the molecule is C[C@H](NC(=O)[C@@H](N)Cc1ccc(O)cc1)C(=O)N1CCC[C@H]1C(=O)O. The van der Waals surface area contributed by atoms with Crippen molar-refractivity contribution in [3.63, 3.8) is 0 Å². The number of amides is 2. The van der Waals surface area contributed by atoms with Gasteiger partial charge in [0.05, 0.1) is 6.04 Å². The molecule has 1 aliphatic rings. The Morgan fingerprint density at radius 3 is 2.56 bits per heavy atom. The third-order valence-corrected chi connectivity index (χ3v) is 4.28. The number of nitrogens with zero attached hydrogens (tertiary/aromatic N) is 1. The van der Waals surface area contributed by atoms with E-state index in [-0.39, 0.29) is 12.2 Å². The average Bonchev–Trinajstić information content (AvgIpc) is 3.05. The summed E-state index contributed by atoms with van der Waals surface area (Å²) in [4.78, 5) is 37.0. The van der Waals surface area contributed by atoms with E-state index in [1.807, 2.05) is 0 Å². The smallest absolute Gasteiger partial charge is 0.326 e. The van der Waals surface area contributed by atoms with Crippen LogP contribution in [0.3, 0.4) is 0 Å². The van der Waals surface area contributed by atoms with Gasteiger partial charge in [0.25, 0.3) is 0 Å². The molecule has 1 fully saturated rings. The second-order valence-corrected chi connectivity index (χ2v) is 6.24. The van der Waals surface area contributed by atoms with Crippen molar-refractivity contribution in [2.45, 2.75) is 44.3 Å². The number of phenols is 1. The fourth-order valence-corrected chi connectivity index (χ4v) is 2.90. The van der Waals surface area contributed by atoms with Gasteiger partial charge in [-0.1, -0.05) is 12.1 Å². The number of hydrogen-bond donors (Lipinski definition) is 4. The number of carbonyl (C=O) groups excluding carboxylic acids is 2. The molecule has 1 heterocycles.